The highest BCUT2D eigenvalue weighted by Gasteiger charge is 2.24. The lowest BCUT2D eigenvalue weighted by Crippen LogP contribution is -2.45. The Bertz CT molecular complexity index is 610. The molecule has 1 saturated carbocycles. The molecule has 1 unspecified atom stereocenters. The highest BCUT2D eigenvalue weighted by atomic mass is 35.5. The van der Waals surface area contributed by atoms with E-state index in [2.05, 4.69) is 34.6 Å². The minimum Gasteiger partial charge on any atom is -0.393 e. The highest BCUT2D eigenvalue weighted by molar-refractivity contribution is 6.30. The molecule has 0 amide bonds. The second-order valence-electron chi connectivity index (χ2n) is 7.68. The van der Waals surface area contributed by atoms with Crippen LogP contribution in [0.1, 0.15) is 57.1 Å². The third-order valence-corrected chi connectivity index (χ3v) is 5.85. The van der Waals surface area contributed by atoms with E-state index in [-0.39, 0.29) is 12.1 Å². The number of aliphatic hydroxyl groups excluding tert-OH is 1. The lowest BCUT2D eigenvalue weighted by Gasteiger charge is -2.29. The number of likely N-dealkylation sites (tertiary alicyclic amines) is 1. The zero-order valence-corrected chi connectivity index (χ0v) is 17.1. The summed E-state index contributed by atoms with van der Waals surface area (Å²) in [6.45, 7) is 5.89. The molecule has 0 aromatic heterocycles. The number of nitrogens with zero attached hydrogens (tertiary/aromatic N) is 2. The molecule has 27 heavy (non-hydrogen) atoms. The maximum atomic E-state index is 9.72. The molecule has 1 atom stereocenters. The predicted octanol–water partition coefficient (Wildman–Crippen LogP) is 3.34. The molecule has 1 aliphatic carbocycles. The van der Waals surface area contributed by atoms with Gasteiger partial charge in [-0.2, -0.15) is 0 Å². The Balaban J connectivity index is 1.69. The van der Waals surface area contributed by atoms with Crippen molar-refractivity contribution < 1.29 is 5.11 Å². The fourth-order valence-corrected chi connectivity index (χ4v) is 4.31. The molecule has 2 fully saturated rings. The number of aliphatic imine (C=N–C) groups is 1. The summed E-state index contributed by atoms with van der Waals surface area (Å²) < 4.78 is 0. The van der Waals surface area contributed by atoms with E-state index >= 15 is 0 Å². The number of hydrogen-bond acceptors (Lipinski definition) is 3. The van der Waals surface area contributed by atoms with Crippen molar-refractivity contribution in [3.05, 3.63) is 34.9 Å². The molecule has 5 nitrogen and oxygen atoms in total. The number of nitrogens with one attached hydrogen (secondary N) is 2. The number of benzene rings is 1. The van der Waals surface area contributed by atoms with E-state index in [9.17, 15) is 5.11 Å². The van der Waals surface area contributed by atoms with Crippen LogP contribution >= 0.6 is 11.6 Å². The van der Waals surface area contributed by atoms with Crippen LogP contribution in [-0.4, -0.2) is 54.3 Å². The lowest BCUT2D eigenvalue weighted by molar-refractivity contribution is 0.120. The van der Waals surface area contributed by atoms with Gasteiger partial charge in [0.1, 0.15) is 0 Å². The molecule has 150 valence electrons. The Hall–Kier alpha value is -1.30. The molecule has 0 bridgehead atoms. The smallest absolute Gasteiger partial charge is 0.191 e. The van der Waals surface area contributed by atoms with Crippen molar-refractivity contribution in [2.24, 2.45) is 4.99 Å². The molecule has 3 rings (SSSR count). The number of aliphatic hydroxyl groups is 1. The summed E-state index contributed by atoms with van der Waals surface area (Å²) in [6, 6.07) is 8.84. The van der Waals surface area contributed by atoms with Crippen LogP contribution in [0.2, 0.25) is 5.02 Å². The van der Waals surface area contributed by atoms with E-state index in [1.165, 1.54) is 18.4 Å². The van der Waals surface area contributed by atoms with Crippen molar-refractivity contribution in [2.45, 2.75) is 63.6 Å². The van der Waals surface area contributed by atoms with Crippen LogP contribution in [0.25, 0.3) is 0 Å². The van der Waals surface area contributed by atoms with Gasteiger partial charge in [-0.15, -0.1) is 0 Å². The molecular formula is C21H33ClN4O. The Kier molecular flexibility index (Phi) is 7.80. The number of rotatable bonds is 6. The van der Waals surface area contributed by atoms with Crippen molar-refractivity contribution >= 4 is 17.6 Å². The molecule has 3 N–H and O–H groups in total. The molecule has 1 aliphatic heterocycles. The molecule has 2 aliphatic rings. The second kappa shape index (κ2) is 10.3. The number of halogens is 1. The predicted molar refractivity (Wildman–Crippen MR) is 112 cm³/mol. The molecule has 1 aromatic carbocycles. The van der Waals surface area contributed by atoms with E-state index in [1.54, 1.807) is 0 Å². The molecule has 1 saturated heterocycles. The Labute approximate surface area is 168 Å². The summed E-state index contributed by atoms with van der Waals surface area (Å²) in [7, 11) is 0. The van der Waals surface area contributed by atoms with E-state index in [0.717, 1.165) is 56.3 Å². The summed E-state index contributed by atoms with van der Waals surface area (Å²) in [6.07, 6.45) is 6.11. The third kappa shape index (κ3) is 6.09. The zero-order valence-electron chi connectivity index (χ0n) is 16.3. The van der Waals surface area contributed by atoms with Crippen molar-refractivity contribution in [1.82, 2.24) is 15.5 Å². The molecule has 0 spiro atoms. The van der Waals surface area contributed by atoms with Crippen molar-refractivity contribution in [1.29, 1.82) is 0 Å². The van der Waals surface area contributed by atoms with Crippen LogP contribution in [0, 0.1) is 0 Å². The van der Waals surface area contributed by atoms with Crippen molar-refractivity contribution in [2.75, 3.05) is 26.2 Å². The van der Waals surface area contributed by atoms with Gasteiger partial charge < -0.3 is 15.7 Å². The van der Waals surface area contributed by atoms with Gasteiger partial charge in [0, 0.05) is 17.6 Å². The monoisotopic (exact) mass is 392 g/mol. The normalized spacial score (nSPS) is 25.4. The van der Waals surface area contributed by atoms with E-state index < -0.39 is 0 Å². The van der Waals surface area contributed by atoms with Crippen LogP contribution in [0.5, 0.6) is 0 Å². The van der Waals surface area contributed by atoms with Gasteiger partial charge in [0.05, 0.1) is 18.7 Å². The highest BCUT2D eigenvalue weighted by Crippen LogP contribution is 2.27. The first-order valence-electron chi connectivity index (χ1n) is 10.4. The summed E-state index contributed by atoms with van der Waals surface area (Å²) >= 11 is 6.25. The first kappa shape index (κ1) is 20.4. The Morgan fingerprint density at radius 1 is 1.26 bits per heavy atom. The maximum absolute atomic E-state index is 9.72. The average Bonchev–Trinajstić information content (AvgIpc) is 3.18. The first-order valence-corrected chi connectivity index (χ1v) is 10.8. The largest absolute Gasteiger partial charge is 0.393 e. The maximum Gasteiger partial charge on any atom is 0.191 e. The molecular weight excluding hydrogens is 360 g/mol. The lowest BCUT2D eigenvalue weighted by atomic mass is 9.93. The van der Waals surface area contributed by atoms with Gasteiger partial charge in [-0.25, -0.2) is 0 Å². The summed E-state index contributed by atoms with van der Waals surface area (Å²) in [4.78, 5) is 7.45. The zero-order chi connectivity index (χ0) is 19.1. The van der Waals surface area contributed by atoms with Gasteiger partial charge in [-0.1, -0.05) is 23.7 Å². The van der Waals surface area contributed by atoms with Gasteiger partial charge in [0.2, 0.25) is 0 Å². The third-order valence-electron chi connectivity index (χ3n) is 5.62. The molecule has 1 heterocycles. The Morgan fingerprint density at radius 3 is 2.67 bits per heavy atom. The van der Waals surface area contributed by atoms with E-state index in [1.807, 2.05) is 12.1 Å². The van der Waals surface area contributed by atoms with Gasteiger partial charge in [-0.05, 0) is 76.2 Å². The topological polar surface area (TPSA) is 59.9 Å². The number of guanidine groups is 1. The van der Waals surface area contributed by atoms with E-state index in [4.69, 9.17) is 16.6 Å². The quantitative estimate of drug-likeness (QED) is 0.513. The van der Waals surface area contributed by atoms with Crippen LogP contribution in [0.15, 0.2) is 29.3 Å². The Morgan fingerprint density at radius 2 is 2.00 bits per heavy atom. The van der Waals surface area contributed by atoms with Crippen LogP contribution in [0.3, 0.4) is 0 Å². The van der Waals surface area contributed by atoms with Crippen LogP contribution in [-0.2, 0) is 0 Å². The summed E-state index contributed by atoms with van der Waals surface area (Å²) in [5.41, 5.74) is 1.24. The van der Waals surface area contributed by atoms with Gasteiger partial charge in [0.15, 0.2) is 5.96 Å². The first-order chi connectivity index (χ1) is 13.2. The van der Waals surface area contributed by atoms with Crippen LogP contribution < -0.4 is 10.6 Å². The number of hydrogen-bond donors (Lipinski definition) is 3. The summed E-state index contributed by atoms with van der Waals surface area (Å²) in [5, 5.41) is 17.5. The second-order valence-corrected chi connectivity index (χ2v) is 8.12. The standard InChI is InChI=1S/C21H33ClN4O/c1-2-23-21(25-18-8-10-19(27)11-9-18)24-15-20(26-12-3-4-13-26)16-6-5-7-17(22)14-16/h5-7,14,18-20,27H,2-4,8-13,15H2,1H3,(H2,23,24,25). The van der Waals surface area contributed by atoms with Gasteiger partial charge in [0.25, 0.3) is 0 Å². The molecule has 0 radical (unpaired) electrons. The molecule has 1 aromatic rings. The van der Waals surface area contributed by atoms with Crippen LogP contribution in [0.4, 0.5) is 0 Å². The van der Waals surface area contributed by atoms with Crippen molar-refractivity contribution in [3.63, 3.8) is 0 Å². The van der Waals surface area contributed by atoms with Crippen molar-refractivity contribution in [3.8, 4) is 0 Å². The minimum absolute atomic E-state index is 0.134. The average molecular weight is 393 g/mol. The fourth-order valence-electron chi connectivity index (χ4n) is 4.11. The fraction of sp³-hybridized carbons (Fsp3) is 0.667. The SMILES string of the molecule is CCNC(=NCC(c1cccc(Cl)c1)N1CCCC1)NC1CCC(O)CC1. The van der Waals surface area contributed by atoms with Gasteiger partial charge in [-0.3, -0.25) is 9.89 Å². The minimum atomic E-state index is -0.134. The van der Waals surface area contributed by atoms with Gasteiger partial charge >= 0.3 is 0 Å². The van der Waals surface area contributed by atoms with E-state index in [0.29, 0.717) is 12.6 Å². The molecule has 6 heteroatoms. The summed E-state index contributed by atoms with van der Waals surface area (Å²) in [5.74, 6) is 0.880.